The van der Waals surface area contributed by atoms with Crippen LogP contribution in [-0.4, -0.2) is 125 Å². The highest BCUT2D eigenvalue weighted by atomic mass is 19.1. The molecule has 0 radical (unpaired) electrons. The lowest BCUT2D eigenvalue weighted by Gasteiger charge is -2.42. The molecule has 0 aliphatic carbocycles. The Balaban J connectivity index is 1.20. The lowest BCUT2D eigenvalue weighted by atomic mass is 9.91. The summed E-state index contributed by atoms with van der Waals surface area (Å²) in [4.78, 5) is 16.7. The van der Waals surface area contributed by atoms with Crippen LogP contribution < -0.4 is 9.64 Å². The van der Waals surface area contributed by atoms with Gasteiger partial charge >= 0.3 is 6.01 Å². The van der Waals surface area contributed by atoms with E-state index in [4.69, 9.17) is 35.7 Å². The normalized spacial score (nSPS) is 24.1. The van der Waals surface area contributed by atoms with Crippen LogP contribution in [0.1, 0.15) is 37.7 Å². The van der Waals surface area contributed by atoms with Gasteiger partial charge in [0, 0.05) is 81.4 Å². The standard InChI is InChI=1S/C41H44F3N7O4/c1-4-29-32(43)9-6-24-16-28(52)17-30(33(24)29)34-36(44)38-35(31-22-48(2)47-37(31)34)39(46-40(45-38)55-23-41-10-5-11-50(41)19-25(42)18-41)49-20-26-7-8-27(21-49)51(26)12-13-54-15-14-53-3/h1,6,9,16-17,22,25-27,52H,5,7-8,10-15,18-21,23H2,2-3H3/t25-,26?,27?,41+/m1/s1. The number of ether oxygens (including phenoxy) is 3. The van der Waals surface area contributed by atoms with Crippen molar-refractivity contribution in [2.75, 3.05) is 71.2 Å². The van der Waals surface area contributed by atoms with Crippen LogP contribution in [0.25, 0.3) is 43.7 Å². The zero-order valence-corrected chi connectivity index (χ0v) is 31.0. The van der Waals surface area contributed by atoms with E-state index in [1.807, 2.05) is 0 Å². The van der Waals surface area contributed by atoms with Crippen LogP contribution in [0.15, 0.2) is 30.5 Å². The highest BCUT2D eigenvalue weighted by Crippen LogP contribution is 2.46. The smallest absolute Gasteiger partial charge is 0.319 e. The Morgan fingerprint density at radius 3 is 2.64 bits per heavy atom. The molecule has 55 heavy (non-hydrogen) atoms. The summed E-state index contributed by atoms with van der Waals surface area (Å²) in [6.07, 6.45) is 10.8. The average molecular weight is 756 g/mol. The van der Waals surface area contributed by atoms with Gasteiger partial charge in [-0.05, 0) is 61.4 Å². The van der Waals surface area contributed by atoms with E-state index in [2.05, 4.69) is 20.6 Å². The van der Waals surface area contributed by atoms with E-state index >= 15 is 8.78 Å². The number of phenols is 1. The Bertz CT molecular complexity index is 2340. The maximum Gasteiger partial charge on any atom is 0.319 e. The molecule has 4 atom stereocenters. The minimum absolute atomic E-state index is 0.00235. The highest BCUT2D eigenvalue weighted by molar-refractivity contribution is 6.18. The summed E-state index contributed by atoms with van der Waals surface area (Å²) in [5.74, 6) is 1.46. The molecule has 2 aromatic heterocycles. The second-order valence-electron chi connectivity index (χ2n) is 15.5. The van der Waals surface area contributed by atoms with Crippen molar-refractivity contribution in [2.45, 2.75) is 55.9 Å². The fraction of sp³-hybridized carbons (Fsp3) is 0.488. The predicted molar refractivity (Wildman–Crippen MR) is 203 cm³/mol. The van der Waals surface area contributed by atoms with Crippen LogP contribution >= 0.6 is 0 Å². The van der Waals surface area contributed by atoms with E-state index in [1.165, 1.54) is 24.3 Å². The second kappa shape index (κ2) is 14.1. The number of terminal acetylenes is 1. The third-order valence-electron chi connectivity index (χ3n) is 12.2. The molecule has 3 aromatic carbocycles. The summed E-state index contributed by atoms with van der Waals surface area (Å²) in [5, 5.41) is 17.4. The van der Waals surface area contributed by atoms with Crippen molar-refractivity contribution in [1.82, 2.24) is 29.5 Å². The molecule has 4 aliphatic rings. The number of benzene rings is 3. The Kier molecular flexibility index (Phi) is 9.24. The minimum atomic E-state index is -0.942. The van der Waals surface area contributed by atoms with E-state index in [-0.39, 0.29) is 58.0 Å². The summed E-state index contributed by atoms with van der Waals surface area (Å²) >= 11 is 0. The monoisotopic (exact) mass is 755 g/mol. The topological polar surface area (TPSA) is 101 Å². The first-order valence-electron chi connectivity index (χ1n) is 19.1. The first kappa shape index (κ1) is 36.0. The van der Waals surface area contributed by atoms with Crippen LogP contribution in [0.2, 0.25) is 0 Å². The number of alkyl halides is 1. The van der Waals surface area contributed by atoms with Crippen molar-refractivity contribution in [1.29, 1.82) is 0 Å². The molecular formula is C41H44F3N7O4. The minimum Gasteiger partial charge on any atom is -0.508 e. The van der Waals surface area contributed by atoms with Gasteiger partial charge in [0.25, 0.3) is 0 Å². The molecule has 4 fully saturated rings. The summed E-state index contributed by atoms with van der Waals surface area (Å²) < 4.78 is 66.7. The fourth-order valence-electron chi connectivity index (χ4n) is 9.81. The van der Waals surface area contributed by atoms with Gasteiger partial charge in [0.05, 0.1) is 36.3 Å². The maximum atomic E-state index is 17.7. The number of aryl methyl sites for hydroxylation is 1. The van der Waals surface area contributed by atoms with Crippen molar-refractivity contribution >= 4 is 38.4 Å². The largest absolute Gasteiger partial charge is 0.508 e. The van der Waals surface area contributed by atoms with E-state index in [0.29, 0.717) is 73.4 Å². The Morgan fingerprint density at radius 1 is 1.04 bits per heavy atom. The number of rotatable bonds is 11. The number of aromatic hydroxyl groups is 1. The van der Waals surface area contributed by atoms with Crippen molar-refractivity contribution in [3.05, 3.63) is 47.7 Å². The first-order valence-corrected chi connectivity index (χ1v) is 19.1. The van der Waals surface area contributed by atoms with Gasteiger partial charge in [-0.2, -0.15) is 15.1 Å². The highest BCUT2D eigenvalue weighted by Gasteiger charge is 2.49. The molecule has 0 amide bonds. The molecule has 2 bridgehead atoms. The molecule has 5 aromatic rings. The van der Waals surface area contributed by atoms with Crippen LogP contribution in [0.3, 0.4) is 0 Å². The van der Waals surface area contributed by atoms with Crippen LogP contribution in [0, 0.1) is 24.0 Å². The van der Waals surface area contributed by atoms with E-state index in [0.717, 1.165) is 38.8 Å². The summed E-state index contributed by atoms with van der Waals surface area (Å²) in [6.45, 7) is 5.11. The Hall–Kier alpha value is -4.68. The molecule has 11 nitrogen and oxygen atoms in total. The van der Waals surface area contributed by atoms with Crippen molar-refractivity contribution in [2.24, 2.45) is 7.05 Å². The lowest BCUT2D eigenvalue weighted by molar-refractivity contribution is 0.0453. The second-order valence-corrected chi connectivity index (χ2v) is 15.5. The van der Waals surface area contributed by atoms with Gasteiger partial charge in [0.1, 0.15) is 41.2 Å². The van der Waals surface area contributed by atoms with Crippen molar-refractivity contribution in [3.8, 4) is 35.2 Å². The van der Waals surface area contributed by atoms with Crippen LogP contribution in [0.5, 0.6) is 11.8 Å². The van der Waals surface area contributed by atoms with Crippen LogP contribution in [-0.2, 0) is 16.5 Å². The number of aromatic nitrogens is 4. The molecule has 6 heterocycles. The molecule has 2 unspecified atom stereocenters. The number of halogens is 3. The van der Waals surface area contributed by atoms with Gasteiger partial charge in [-0.25, -0.2) is 13.2 Å². The average Bonchev–Trinajstić information content (AvgIpc) is 3.88. The molecule has 14 heteroatoms. The van der Waals surface area contributed by atoms with Gasteiger partial charge in [0.2, 0.25) is 0 Å². The van der Waals surface area contributed by atoms with Crippen LogP contribution in [0.4, 0.5) is 19.0 Å². The van der Waals surface area contributed by atoms with E-state index in [1.54, 1.807) is 25.0 Å². The summed E-state index contributed by atoms with van der Waals surface area (Å²) in [5.41, 5.74) is -0.0159. The van der Waals surface area contributed by atoms with Gasteiger partial charge in [-0.15, -0.1) is 6.42 Å². The van der Waals surface area contributed by atoms with Gasteiger partial charge in [-0.3, -0.25) is 14.5 Å². The number of nitrogens with zero attached hydrogens (tertiary/aromatic N) is 7. The molecule has 1 N–H and O–H groups in total. The number of piperazine rings is 1. The van der Waals surface area contributed by atoms with E-state index in [9.17, 15) is 9.50 Å². The molecule has 0 saturated carbocycles. The summed E-state index contributed by atoms with van der Waals surface area (Å²) in [7, 11) is 3.41. The van der Waals surface area contributed by atoms with Crippen molar-refractivity contribution < 1.29 is 32.5 Å². The number of phenolic OH excluding ortho intramolecular Hbond substituents is 1. The third-order valence-corrected chi connectivity index (χ3v) is 12.2. The first-order chi connectivity index (χ1) is 26.7. The molecule has 9 rings (SSSR count). The SMILES string of the molecule is C#Cc1c(F)ccc2cc(O)cc(-c3c(F)c4nc(OC[C@@]56CCCN5C[C@H](F)C6)nc(N5CC6CCC(C5)N6CCOCCOC)c4c4cn(C)nc34)c12. The summed E-state index contributed by atoms with van der Waals surface area (Å²) in [6, 6.07) is 6.05. The number of hydrogen-bond acceptors (Lipinski definition) is 10. The molecule has 0 spiro atoms. The molecule has 288 valence electrons. The van der Waals surface area contributed by atoms with Gasteiger partial charge in [-0.1, -0.05) is 12.0 Å². The lowest BCUT2D eigenvalue weighted by Crippen LogP contribution is -2.54. The number of fused-ring (bicyclic) bond motifs is 7. The number of methoxy groups -OCH3 is 1. The quantitative estimate of drug-likeness (QED) is 0.136. The number of anilines is 1. The Labute approximate surface area is 316 Å². The molecular weight excluding hydrogens is 711 g/mol. The number of hydrogen-bond donors (Lipinski definition) is 1. The molecule has 4 aliphatic heterocycles. The van der Waals surface area contributed by atoms with Crippen molar-refractivity contribution in [3.63, 3.8) is 0 Å². The van der Waals surface area contributed by atoms with E-state index < -0.39 is 23.3 Å². The maximum absolute atomic E-state index is 17.7. The zero-order chi connectivity index (χ0) is 38.0. The van der Waals surface area contributed by atoms with Gasteiger partial charge in [0.15, 0.2) is 5.82 Å². The van der Waals surface area contributed by atoms with Gasteiger partial charge < -0.3 is 24.2 Å². The molecule has 4 saturated heterocycles. The fourth-order valence-corrected chi connectivity index (χ4v) is 9.81. The Morgan fingerprint density at radius 2 is 1.85 bits per heavy atom. The third kappa shape index (κ3) is 6.12. The predicted octanol–water partition coefficient (Wildman–Crippen LogP) is 5.57. The zero-order valence-electron chi connectivity index (χ0n) is 31.0.